The smallest absolute Gasteiger partial charge is 0.0752 e. The van der Waals surface area contributed by atoms with Gasteiger partial charge in [-0.25, -0.2) is 0 Å². The molecule has 0 saturated carbocycles. The first kappa shape index (κ1) is 14.7. The van der Waals surface area contributed by atoms with E-state index in [4.69, 9.17) is 4.74 Å². The number of benzene rings is 1. The van der Waals surface area contributed by atoms with E-state index in [1.165, 1.54) is 5.56 Å². The maximum atomic E-state index is 5.58. The van der Waals surface area contributed by atoms with E-state index in [-0.39, 0.29) is 12.1 Å². The van der Waals surface area contributed by atoms with Gasteiger partial charge in [0, 0.05) is 19.3 Å². The topological polar surface area (TPSA) is 34.1 Å². The number of nitrogens with zero attached hydrogens (tertiary/aromatic N) is 1. The monoisotopic (exact) mass is 270 g/mol. The quantitative estimate of drug-likeness (QED) is 0.839. The first-order chi connectivity index (χ1) is 9.81. The normalized spacial score (nSPS) is 13.9. The highest BCUT2D eigenvalue weighted by Crippen LogP contribution is 2.19. The Labute approximate surface area is 121 Å². The van der Waals surface area contributed by atoms with Crippen molar-refractivity contribution in [3.8, 4) is 0 Å². The number of rotatable bonds is 7. The molecule has 3 heteroatoms. The molecule has 0 aliphatic heterocycles. The lowest BCUT2D eigenvalue weighted by molar-refractivity contribution is 0.0747. The van der Waals surface area contributed by atoms with Crippen molar-refractivity contribution in [3.05, 3.63) is 66.0 Å². The number of hydrogen-bond acceptors (Lipinski definition) is 3. The van der Waals surface area contributed by atoms with Crippen LogP contribution in [0.25, 0.3) is 0 Å². The highest BCUT2D eigenvalue weighted by Gasteiger charge is 2.15. The zero-order valence-electron chi connectivity index (χ0n) is 12.1. The second-order valence-electron chi connectivity index (χ2n) is 4.77. The standard InChI is InChI=1S/C17H22N2O/c1-3-20-14(2)13-19-17(15-9-5-4-6-10-15)16-11-7-8-12-18-16/h4-12,14,17,19H,3,13H2,1-2H3. The summed E-state index contributed by atoms with van der Waals surface area (Å²) in [6.07, 6.45) is 2.02. The fourth-order valence-electron chi connectivity index (χ4n) is 2.21. The molecule has 2 atom stereocenters. The van der Waals surface area contributed by atoms with Crippen molar-refractivity contribution in [2.75, 3.05) is 13.2 Å². The Morgan fingerprint density at radius 2 is 1.85 bits per heavy atom. The van der Waals surface area contributed by atoms with Crippen molar-refractivity contribution in [1.29, 1.82) is 0 Å². The molecule has 0 saturated heterocycles. The minimum absolute atomic E-state index is 0.0975. The van der Waals surface area contributed by atoms with Crippen LogP contribution in [0.15, 0.2) is 54.7 Å². The van der Waals surface area contributed by atoms with Crippen LogP contribution in [0.3, 0.4) is 0 Å². The average Bonchev–Trinajstić information content (AvgIpc) is 2.50. The lowest BCUT2D eigenvalue weighted by Crippen LogP contribution is -2.31. The van der Waals surface area contributed by atoms with E-state index in [9.17, 15) is 0 Å². The SMILES string of the molecule is CCOC(C)CNC(c1ccccc1)c1ccccn1. The Hall–Kier alpha value is -1.71. The second kappa shape index (κ2) is 7.78. The van der Waals surface area contributed by atoms with Gasteiger partial charge in [0.1, 0.15) is 0 Å². The van der Waals surface area contributed by atoms with Gasteiger partial charge in [-0.1, -0.05) is 36.4 Å². The van der Waals surface area contributed by atoms with Gasteiger partial charge in [-0.15, -0.1) is 0 Å². The van der Waals surface area contributed by atoms with Crippen LogP contribution in [0, 0.1) is 0 Å². The van der Waals surface area contributed by atoms with E-state index in [0.29, 0.717) is 0 Å². The van der Waals surface area contributed by atoms with Gasteiger partial charge in [0.15, 0.2) is 0 Å². The lowest BCUT2D eigenvalue weighted by Gasteiger charge is -2.21. The number of aromatic nitrogens is 1. The molecule has 0 aliphatic rings. The van der Waals surface area contributed by atoms with E-state index in [1.807, 2.05) is 31.3 Å². The Kier molecular flexibility index (Phi) is 5.71. The summed E-state index contributed by atoms with van der Waals surface area (Å²) in [7, 11) is 0. The van der Waals surface area contributed by atoms with Crippen LogP contribution in [0.4, 0.5) is 0 Å². The summed E-state index contributed by atoms with van der Waals surface area (Å²) < 4.78 is 5.58. The summed E-state index contributed by atoms with van der Waals surface area (Å²) >= 11 is 0. The van der Waals surface area contributed by atoms with Crippen molar-refractivity contribution >= 4 is 0 Å². The third-order valence-electron chi connectivity index (χ3n) is 3.18. The molecule has 2 unspecified atom stereocenters. The first-order valence-electron chi connectivity index (χ1n) is 7.12. The molecule has 0 spiro atoms. The van der Waals surface area contributed by atoms with E-state index in [2.05, 4.69) is 47.6 Å². The molecular formula is C17H22N2O. The van der Waals surface area contributed by atoms with Crippen LogP contribution >= 0.6 is 0 Å². The first-order valence-corrected chi connectivity index (χ1v) is 7.12. The molecule has 1 aromatic heterocycles. The molecular weight excluding hydrogens is 248 g/mol. The molecule has 1 heterocycles. The number of ether oxygens (including phenoxy) is 1. The molecule has 2 aromatic rings. The van der Waals surface area contributed by atoms with Gasteiger partial charge in [0.05, 0.1) is 17.8 Å². The number of hydrogen-bond donors (Lipinski definition) is 1. The fourth-order valence-corrected chi connectivity index (χ4v) is 2.21. The molecule has 0 radical (unpaired) electrons. The van der Waals surface area contributed by atoms with Crippen molar-refractivity contribution < 1.29 is 4.74 Å². The predicted molar refractivity (Wildman–Crippen MR) is 81.6 cm³/mol. The Bertz CT molecular complexity index is 447. The number of nitrogens with one attached hydrogen (secondary N) is 1. The van der Waals surface area contributed by atoms with Crippen LogP contribution in [0.5, 0.6) is 0 Å². The zero-order chi connectivity index (χ0) is 14.2. The van der Waals surface area contributed by atoms with E-state index in [1.54, 1.807) is 0 Å². The molecule has 1 aromatic carbocycles. The van der Waals surface area contributed by atoms with Crippen molar-refractivity contribution in [3.63, 3.8) is 0 Å². The summed E-state index contributed by atoms with van der Waals surface area (Å²) in [4.78, 5) is 4.48. The molecule has 20 heavy (non-hydrogen) atoms. The largest absolute Gasteiger partial charge is 0.377 e. The van der Waals surface area contributed by atoms with Gasteiger partial charge in [0.25, 0.3) is 0 Å². The number of pyridine rings is 1. The maximum absolute atomic E-state index is 5.58. The minimum Gasteiger partial charge on any atom is -0.377 e. The molecule has 1 N–H and O–H groups in total. The van der Waals surface area contributed by atoms with Crippen molar-refractivity contribution in [1.82, 2.24) is 10.3 Å². The van der Waals surface area contributed by atoms with E-state index >= 15 is 0 Å². The van der Waals surface area contributed by atoms with Gasteiger partial charge in [-0.05, 0) is 31.5 Å². The fraction of sp³-hybridized carbons (Fsp3) is 0.353. The summed E-state index contributed by atoms with van der Waals surface area (Å²) in [6, 6.07) is 16.5. The van der Waals surface area contributed by atoms with Crippen LogP contribution in [0.2, 0.25) is 0 Å². The lowest BCUT2D eigenvalue weighted by atomic mass is 10.0. The molecule has 0 bridgehead atoms. The average molecular weight is 270 g/mol. The van der Waals surface area contributed by atoms with Gasteiger partial charge >= 0.3 is 0 Å². The Morgan fingerprint density at radius 1 is 1.10 bits per heavy atom. The summed E-state index contributed by atoms with van der Waals surface area (Å²) in [5.74, 6) is 0. The van der Waals surface area contributed by atoms with Crippen molar-refractivity contribution in [2.45, 2.75) is 26.0 Å². The van der Waals surface area contributed by atoms with Gasteiger partial charge < -0.3 is 10.1 Å². The van der Waals surface area contributed by atoms with Crippen molar-refractivity contribution in [2.24, 2.45) is 0 Å². The van der Waals surface area contributed by atoms with E-state index in [0.717, 1.165) is 18.8 Å². The summed E-state index contributed by atoms with van der Waals surface area (Å²) in [6.45, 7) is 5.63. The maximum Gasteiger partial charge on any atom is 0.0752 e. The Balaban J connectivity index is 2.13. The molecule has 0 amide bonds. The van der Waals surface area contributed by atoms with Gasteiger partial charge in [-0.3, -0.25) is 4.98 Å². The molecule has 0 fully saturated rings. The molecule has 0 aliphatic carbocycles. The van der Waals surface area contributed by atoms with Crippen LogP contribution < -0.4 is 5.32 Å². The van der Waals surface area contributed by atoms with Crippen LogP contribution in [0.1, 0.15) is 31.1 Å². The van der Waals surface area contributed by atoms with Crippen LogP contribution in [-0.2, 0) is 4.74 Å². The molecule has 2 rings (SSSR count). The molecule has 3 nitrogen and oxygen atoms in total. The highest BCUT2D eigenvalue weighted by molar-refractivity contribution is 5.27. The predicted octanol–water partition coefficient (Wildman–Crippen LogP) is 3.19. The van der Waals surface area contributed by atoms with E-state index < -0.39 is 0 Å². The third-order valence-corrected chi connectivity index (χ3v) is 3.18. The summed E-state index contributed by atoms with van der Waals surface area (Å²) in [5, 5.41) is 3.55. The van der Waals surface area contributed by atoms with Crippen LogP contribution in [-0.4, -0.2) is 24.2 Å². The Morgan fingerprint density at radius 3 is 2.50 bits per heavy atom. The minimum atomic E-state index is 0.0975. The zero-order valence-corrected chi connectivity index (χ0v) is 12.1. The summed E-state index contributed by atoms with van der Waals surface area (Å²) in [5.41, 5.74) is 2.25. The molecule has 106 valence electrons. The highest BCUT2D eigenvalue weighted by atomic mass is 16.5. The van der Waals surface area contributed by atoms with Gasteiger partial charge in [-0.2, -0.15) is 0 Å². The van der Waals surface area contributed by atoms with Gasteiger partial charge in [0.2, 0.25) is 0 Å². The third kappa shape index (κ3) is 4.15. The second-order valence-corrected chi connectivity index (χ2v) is 4.77.